The van der Waals surface area contributed by atoms with Crippen molar-refractivity contribution in [2.75, 3.05) is 43.0 Å². The first-order valence-corrected chi connectivity index (χ1v) is 11.6. The predicted molar refractivity (Wildman–Crippen MR) is 126 cm³/mol. The molecule has 0 bridgehead atoms. The van der Waals surface area contributed by atoms with Gasteiger partial charge in [-0.25, -0.2) is 9.97 Å². The maximum Gasteiger partial charge on any atom is 0.197 e. The van der Waals surface area contributed by atoms with E-state index in [2.05, 4.69) is 20.5 Å². The van der Waals surface area contributed by atoms with Gasteiger partial charge in [-0.05, 0) is 24.6 Å². The number of hydrogen-bond acceptors (Lipinski definition) is 8. The summed E-state index contributed by atoms with van der Waals surface area (Å²) in [6.07, 6.45) is 0.982. The van der Waals surface area contributed by atoms with Gasteiger partial charge in [0.05, 0.1) is 12.3 Å². The molecule has 0 aliphatic carbocycles. The summed E-state index contributed by atoms with van der Waals surface area (Å²) in [5.41, 5.74) is 2.71. The quantitative estimate of drug-likeness (QED) is 0.615. The maximum absolute atomic E-state index is 6.39. The largest absolute Gasteiger partial charge is 0.370 e. The average molecular weight is 455 g/mol. The lowest BCUT2D eigenvalue weighted by Crippen LogP contribution is -2.39. The number of halogens is 1. The van der Waals surface area contributed by atoms with Crippen molar-refractivity contribution in [3.63, 3.8) is 0 Å². The molecular weight excluding hydrogens is 432 g/mol. The molecule has 0 saturated carbocycles. The van der Waals surface area contributed by atoms with Crippen LogP contribution in [0.4, 0.5) is 10.9 Å². The van der Waals surface area contributed by atoms with Crippen LogP contribution >= 0.6 is 22.9 Å². The van der Waals surface area contributed by atoms with Crippen LogP contribution in [0.15, 0.2) is 52.8 Å². The van der Waals surface area contributed by atoms with E-state index in [4.69, 9.17) is 26.3 Å². The molecule has 5 rings (SSSR count). The van der Waals surface area contributed by atoms with Crippen molar-refractivity contribution in [2.45, 2.75) is 12.5 Å². The summed E-state index contributed by atoms with van der Waals surface area (Å²) in [6, 6.07) is 13.9. The molecule has 1 aromatic carbocycles. The zero-order valence-electron chi connectivity index (χ0n) is 16.9. The molecule has 1 fully saturated rings. The van der Waals surface area contributed by atoms with Crippen molar-refractivity contribution in [2.24, 2.45) is 4.99 Å². The second-order valence-corrected chi connectivity index (χ2v) is 8.65. The molecule has 2 aliphatic rings. The van der Waals surface area contributed by atoms with Crippen LogP contribution in [0.5, 0.6) is 0 Å². The first kappa shape index (κ1) is 20.2. The molecule has 2 aromatic heterocycles. The molecule has 1 saturated heterocycles. The van der Waals surface area contributed by atoms with Crippen LogP contribution < -0.4 is 15.5 Å². The number of aromatic nitrogens is 2. The first-order valence-electron chi connectivity index (χ1n) is 10.4. The van der Waals surface area contributed by atoms with Gasteiger partial charge in [-0.15, -0.1) is 11.3 Å². The van der Waals surface area contributed by atoms with Crippen LogP contribution in [-0.4, -0.2) is 48.7 Å². The number of morpholine rings is 1. The second kappa shape index (κ2) is 9.21. The third kappa shape index (κ3) is 4.66. The minimum atomic E-state index is -0.0771. The fraction of sp³-hybridized carbons (Fsp3) is 0.318. The molecule has 2 N–H and O–H groups in total. The highest BCUT2D eigenvalue weighted by molar-refractivity contribution is 7.14. The van der Waals surface area contributed by atoms with E-state index in [0.717, 1.165) is 64.9 Å². The number of guanidine groups is 1. The average Bonchev–Trinajstić information content (AvgIpc) is 3.29. The Kier molecular flexibility index (Phi) is 6.01. The van der Waals surface area contributed by atoms with Gasteiger partial charge in [0, 0.05) is 42.1 Å². The van der Waals surface area contributed by atoms with Crippen molar-refractivity contribution in [3.8, 4) is 11.4 Å². The van der Waals surface area contributed by atoms with E-state index in [9.17, 15) is 0 Å². The Labute approximate surface area is 190 Å². The van der Waals surface area contributed by atoms with Crippen LogP contribution in [0.25, 0.3) is 11.4 Å². The van der Waals surface area contributed by atoms with Crippen molar-refractivity contribution in [1.82, 2.24) is 15.3 Å². The fourth-order valence-electron chi connectivity index (χ4n) is 3.69. The van der Waals surface area contributed by atoms with E-state index in [-0.39, 0.29) is 6.10 Å². The highest BCUT2D eigenvalue weighted by atomic mass is 35.5. The van der Waals surface area contributed by atoms with Gasteiger partial charge in [-0.2, -0.15) is 0 Å². The highest BCUT2D eigenvalue weighted by Crippen LogP contribution is 2.31. The topological polar surface area (TPSA) is 74.7 Å². The number of hydrogen-bond donors (Lipinski definition) is 2. The maximum atomic E-state index is 6.39. The molecule has 0 spiro atoms. The van der Waals surface area contributed by atoms with Crippen LogP contribution in [0.2, 0.25) is 5.02 Å². The van der Waals surface area contributed by atoms with Crippen molar-refractivity contribution >= 4 is 39.8 Å². The SMILES string of the molecule is Clc1ccccc1C1CN(c2cccc(-c3csc(NC4=NCCCN4)n3)n2)CCO1. The van der Waals surface area contributed by atoms with E-state index >= 15 is 0 Å². The van der Waals surface area contributed by atoms with Gasteiger partial charge < -0.3 is 20.3 Å². The Morgan fingerprint density at radius 3 is 2.94 bits per heavy atom. The van der Waals surface area contributed by atoms with Crippen molar-refractivity contribution in [1.29, 1.82) is 0 Å². The van der Waals surface area contributed by atoms with Gasteiger partial charge in [0.2, 0.25) is 0 Å². The van der Waals surface area contributed by atoms with E-state index in [0.29, 0.717) is 13.2 Å². The number of ether oxygens (including phenoxy) is 1. The summed E-state index contributed by atoms with van der Waals surface area (Å²) >= 11 is 7.94. The van der Waals surface area contributed by atoms with Gasteiger partial charge >= 0.3 is 0 Å². The molecule has 9 heteroatoms. The monoisotopic (exact) mass is 454 g/mol. The first-order chi connectivity index (χ1) is 15.3. The van der Waals surface area contributed by atoms with Gasteiger partial charge in [0.15, 0.2) is 11.1 Å². The molecule has 2 aliphatic heterocycles. The number of nitrogens with zero attached hydrogens (tertiary/aromatic N) is 4. The smallest absolute Gasteiger partial charge is 0.197 e. The van der Waals surface area contributed by atoms with Crippen molar-refractivity contribution < 1.29 is 4.74 Å². The van der Waals surface area contributed by atoms with Crippen molar-refractivity contribution in [3.05, 3.63) is 58.4 Å². The van der Waals surface area contributed by atoms with E-state index in [1.165, 1.54) is 0 Å². The normalized spacial score (nSPS) is 18.9. The number of aliphatic imine (C=N–C) groups is 1. The number of rotatable bonds is 4. The molecule has 1 atom stereocenters. The fourth-order valence-corrected chi connectivity index (χ4v) is 4.65. The summed E-state index contributed by atoms with van der Waals surface area (Å²) in [4.78, 5) is 16.3. The standard InChI is InChI=1S/C22H23ClN6OS/c23-16-6-2-1-5-15(16)19-13-29(11-12-30-19)20-8-3-7-17(26-20)18-14-31-22(27-18)28-21-24-9-4-10-25-21/h1-3,5-8,14,19H,4,9-13H2,(H2,24,25,27,28). The molecule has 1 unspecified atom stereocenters. The Bertz CT molecular complexity index is 1090. The molecule has 3 aromatic rings. The summed E-state index contributed by atoms with van der Waals surface area (Å²) < 4.78 is 6.00. The summed E-state index contributed by atoms with van der Waals surface area (Å²) in [5.74, 6) is 1.70. The lowest BCUT2D eigenvalue weighted by atomic mass is 10.1. The zero-order chi connectivity index (χ0) is 21.0. The van der Waals surface area contributed by atoms with E-state index in [1.807, 2.05) is 47.8 Å². The predicted octanol–water partition coefficient (Wildman–Crippen LogP) is 4.20. The van der Waals surface area contributed by atoms with E-state index in [1.54, 1.807) is 11.3 Å². The molecule has 0 amide bonds. The van der Waals surface area contributed by atoms with Gasteiger partial charge in [0.1, 0.15) is 17.6 Å². The number of pyridine rings is 1. The van der Waals surface area contributed by atoms with Gasteiger partial charge in [-0.3, -0.25) is 4.99 Å². The lowest BCUT2D eigenvalue weighted by molar-refractivity contribution is 0.0396. The Morgan fingerprint density at radius 2 is 2.06 bits per heavy atom. The Hall–Kier alpha value is -2.68. The van der Waals surface area contributed by atoms with Crippen LogP contribution in [0, 0.1) is 0 Å². The number of anilines is 2. The number of thiazole rings is 1. The second-order valence-electron chi connectivity index (χ2n) is 7.38. The lowest BCUT2D eigenvalue weighted by Gasteiger charge is -2.34. The number of benzene rings is 1. The molecule has 0 radical (unpaired) electrons. The van der Waals surface area contributed by atoms with Gasteiger partial charge in [0.25, 0.3) is 0 Å². The Morgan fingerprint density at radius 1 is 1.13 bits per heavy atom. The summed E-state index contributed by atoms with van der Waals surface area (Å²) in [5, 5.41) is 10.1. The molecule has 160 valence electrons. The van der Waals surface area contributed by atoms with Crippen LogP contribution in [0.1, 0.15) is 18.1 Å². The molecule has 4 heterocycles. The third-order valence-electron chi connectivity index (χ3n) is 5.27. The molecule has 7 nitrogen and oxygen atoms in total. The minimum Gasteiger partial charge on any atom is -0.370 e. The van der Waals surface area contributed by atoms with Crippen LogP contribution in [-0.2, 0) is 4.74 Å². The summed E-state index contributed by atoms with van der Waals surface area (Å²) in [7, 11) is 0. The number of nitrogens with one attached hydrogen (secondary N) is 2. The highest BCUT2D eigenvalue weighted by Gasteiger charge is 2.24. The van der Waals surface area contributed by atoms with Crippen LogP contribution in [0.3, 0.4) is 0 Å². The summed E-state index contributed by atoms with van der Waals surface area (Å²) in [6.45, 7) is 3.89. The van der Waals surface area contributed by atoms with Gasteiger partial charge in [-0.1, -0.05) is 35.9 Å². The van der Waals surface area contributed by atoms with E-state index < -0.39 is 0 Å². The third-order valence-corrected chi connectivity index (χ3v) is 6.37. The Balaban J connectivity index is 1.32. The molecule has 31 heavy (non-hydrogen) atoms. The molecular formula is C22H23ClN6OS. The zero-order valence-corrected chi connectivity index (χ0v) is 18.5. The minimum absolute atomic E-state index is 0.0771.